The van der Waals surface area contributed by atoms with Crippen LogP contribution >= 0.6 is 23.2 Å². The number of methoxy groups -OCH3 is 3. The van der Waals surface area contributed by atoms with Crippen LogP contribution in [0.2, 0.25) is 10.0 Å². The number of halogens is 2. The topological polar surface area (TPSA) is 66.0 Å². The van der Waals surface area contributed by atoms with Crippen LogP contribution in [0.25, 0.3) is 0 Å². The molecular weight excluding hydrogens is 381 g/mol. The molecule has 26 heavy (non-hydrogen) atoms. The summed E-state index contributed by atoms with van der Waals surface area (Å²) in [6, 6.07) is 8.40. The number of hydrogen-bond donors (Lipinski definition) is 1. The van der Waals surface area contributed by atoms with E-state index in [1.807, 2.05) is 0 Å². The molecule has 1 amide bonds. The maximum absolute atomic E-state index is 12.1. The van der Waals surface area contributed by atoms with Gasteiger partial charge in [0.2, 0.25) is 0 Å². The molecule has 1 N–H and O–H groups in total. The Morgan fingerprint density at radius 1 is 0.962 bits per heavy atom. The van der Waals surface area contributed by atoms with Gasteiger partial charge in [-0.1, -0.05) is 29.3 Å². The van der Waals surface area contributed by atoms with Crippen molar-refractivity contribution in [3.63, 3.8) is 0 Å². The van der Waals surface area contributed by atoms with Gasteiger partial charge in [0.05, 0.1) is 31.4 Å². The van der Waals surface area contributed by atoms with E-state index < -0.39 is 0 Å². The third-order valence-corrected chi connectivity index (χ3v) is 4.12. The highest BCUT2D eigenvalue weighted by Gasteiger charge is 2.14. The zero-order valence-corrected chi connectivity index (χ0v) is 16.1. The second-order valence-electron chi connectivity index (χ2n) is 5.14. The van der Waals surface area contributed by atoms with Crippen LogP contribution < -0.4 is 24.3 Å². The minimum absolute atomic E-state index is 0.223. The standard InChI is InChI=1S/C18H19Cl2NO5/c1-23-14-8-16(25-3)15(24-2)7-11(14)9-21-17(22)10-26-18-12(19)5-4-6-13(18)20/h4-8H,9-10H2,1-3H3,(H,21,22). The second kappa shape index (κ2) is 9.40. The number of rotatable bonds is 8. The number of benzene rings is 2. The molecule has 0 aliphatic rings. The molecule has 8 heteroatoms. The molecule has 0 saturated heterocycles. The molecule has 0 bridgehead atoms. The fourth-order valence-electron chi connectivity index (χ4n) is 2.23. The SMILES string of the molecule is COc1cc(OC)c(OC)cc1CNC(=O)COc1c(Cl)cccc1Cl. The molecule has 0 saturated carbocycles. The van der Waals surface area contributed by atoms with E-state index in [2.05, 4.69) is 5.32 Å². The van der Waals surface area contributed by atoms with E-state index in [1.165, 1.54) is 21.3 Å². The highest BCUT2D eigenvalue weighted by molar-refractivity contribution is 6.37. The van der Waals surface area contributed by atoms with Crippen LogP contribution in [-0.2, 0) is 11.3 Å². The van der Waals surface area contributed by atoms with Gasteiger partial charge in [-0.25, -0.2) is 0 Å². The van der Waals surface area contributed by atoms with Gasteiger partial charge in [-0.2, -0.15) is 0 Å². The number of nitrogens with one attached hydrogen (secondary N) is 1. The van der Waals surface area contributed by atoms with E-state index in [1.54, 1.807) is 30.3 Å². The summed E-state index contributed by atoms with van der Waals surface area (Å²) >= 11 is 12.0. The molecule has 0 unspecified atom stereocenters. The highest BCUT2D eigenvalue weighted by Crippen LogP contribution is 2.34. The molecule has 0 aliphatic carbocycles. The van der Waals surface area contributed by atoms with Gasteiger partial charge >= 0.3 is 0 Å². The van der Waals surface area contributed by atoms with Crippen LogP contribution in [0.4, 0.5) is 0 Å². The predicted octanol–water partition coefficient (Wildman–Crippen LogP) is 3.71. The van der Waals surface area contributed by atoms with Crippen molar-refractivity contribution >= 4 is 29.1 Å². The zero-order chi connectivity index (χ0) is 19.1. The van der Waals surface area contributed by atoms with Crippen molar-refractivity contribution in [1.29, 1.82) is 0 Å². The minimum atomic E-state index is -0.335. The van der Waals surface area contributed by atoms with Crippen molar-refractivity contribution < 1.29 is 23.7 Å². The summed E-state index contributed by atoms with van der Waals surface area (Å²) in [5, 5.41) is 3.42. The molecule has 2 rings (SSSR count). The molecule has 0 heterocycles. The lowest BCUT2D eigenvalue weighted by atomic mass is 10.1. The molecule has 0 atom stereocenters. The van der Waals surface area contributed by atoms with Gasteiger partial charge in [-0.3, -0.25) is 4.79 Å². The first-order chi connectivity index (χ1) is 12.5. The summed E-state index contributed by atoms with van der Waals surface area (Å²) in [6.07, 6.45) is 0. The van der Waals surface area contributed by atoms with Crippen molar-refractivity contribution in [3.8, 4) is 23.0 Å². The van der Waals surface area contributed by atoms with E-state index in [0.717, 1.165) is 5.56 Å². The fourth-order valence-corrected chi connectivity index (χ4v) is 2.74. The second-order valence-corrected chi connectivity index (χ2v) is 5.95. The first-order valence-corrected chi connectivity index (χ1v) is 8.38. The van der Waals surface area contributed by atoms with Crippen molar-refractivity contribution in [3.05, 3.63) is 45.9 Å². The Hall–Kier alpha value is -2.31. The van der Waals surface area contributed by atoms with Crippen molar-refractivity contribution in [2.75, 3.05) is 27.9 Å². The molecule has 0 aliphatic heterocycles. The highest BCUT2D eigenvalue weighted by atomic mass is 35.5. The van der Waals surface area contributed by atoms with Gasteiger partial charge < -0.3 is 24.3 Å². The normalized spacial score (nSPS) is 10.2. The Morgan fingerprint density at radius 3 is 2.12 bits per heavy atom. The number of carbonyl (C=O) groups excluding carboxylic acids is 1. The number of ether oxygens (including phenoxy) is 4. The number of amides is 1. The number of hydrogen-bond acceptors (Lipinski definition) is 5. The largest absolute Gasteiger partial charge is 0.496 e. The fraction of sp³-hybridized carbons (Fsp3) is 0.278. The first kappa shape index (κ1) is 20.0. The molecule has 140 valence electrons. The number of carbonyl (C=O) groups is 1. The Morgan fingerprint density at radius 2 is 1.54 bits per heavy atom. The van der Waals surface area contributed by atoms with Crippen LogP contribution in [0.5, 0.6) is 23.0 Å². The quantitative estimate of drug-likeness (QED) is 0.732. The average Bonchev–Trinajstić information content (AvgIpc) is 2.65. The van der Waals surface area contributed by atoms with Crippen molar-refractivity contribution in [2.45, 2.75) is 6.54 Å². The van der Waals surface area contributed by atoms with E-state index >= 15 is 0 Å². The predicted molar refractivity (Wildman–Crippen MR) is 99.9 cm³/mol. The summed E-state index contributed by atoms with van der Waals surface area (Å²) in [4.78, 5) is 12.1. The first-order valence-electron chi connectivity index (χ1n) is 7.62. The Bertz CT molecular complexity index is 762. The summed E-state index contributed by atoms with van der Waals surface area (Å²) in [7, 11) is 4.61. The van der Waals surface area contributed by atoms with Crippen LogP contribution in [0.3, 0.4) is 0 Å². The maximum Gasteiger partial charge on any atom is 0.258 e. The monoisotopic (exact) mass is 399 g/mol. The summed E-state index contributed by atoms with van der Waals surface area (Å²) in [5.41, 5.74) is 0.731. The summed E-state index contributed by atoms with van der Waals surface area (Å²) < 4.78 is 21.2. The van der Waals surface area contributed by atoms with Gasteiger partial charge in [-0.05, 0) is 18.2 Å². The van der Waals surface area contributed by atoms with Crippen molar-refractivity contribution in [1.82, 2.24) is 5.32 Å². The molecule has 2 aromatic carbocycles. The van der Waals surface area contributed by atoms with E-state index in [9.17, 15) is 4.79 Å². The van der Waals surface area contributed by atoms with Crippen molar-refractivity contribution in [2.24, 2.45) is 0 Å². The smallest absolute Gasteiger partial charge is 0.258 e. The third kappa shape index (κ3) is 4.86. The maximum atomic E-state index is 12.1. The van der Waals surface area contributed by atoms with Crippen LogP contribution in [-0.4, -0.2) is 33.8 Å². The lowest BCUT2D eigenvalue weighted by molar-refractivity contribution is -0.123. The van der Waals surface area contributed by atoms with E-state index in [4.69, 9.17) is 42.1 Å². The molecule has 0 spiro atoms. The van der Waals surface area contributed by atoms with Crippen LogP contribution in [0.15, 0.2) is 30.3 Å². The van der Waals surface area contributed by atoms with E-state index in [0.29, 0.717) is 27.3 Å². The molecular formula is C18H19Cl2NO5. The third-order valence-electron chi connectivity index (χ3n) is 3.53. The molecule has 2 aromatic rings. The molecule has 0 radical (unpaired) electrons. The lowest BCUT2D eigenvalue weighted by Gasteiger charge is -2.15. The van der Waals surface area contributed by atoms with Gasteiger partial charge in [0.15, 0.2) is 23.9 Å². The lowest BCUT2D eigenvalue weighted by Crippen LogP contribution is -2.28. The molecule has 0 aromatic heterocycles. The number of para-hydroxylation sites is 1. The Kier molecular flexibility index (Phi) is 7.24. The zero-order valence-electron chi connectivity index (χ0n) is 14.6. The Balaban J connectivity index is 2.01. The molecule has 0 fully saturated rings. The van der Waals surface area contributed by atoms with E-state index in [-0.39, 0.29) is 24.8 Å². The van der Waals surface area contributed by atoms with Gasteiger partial charge in [0.1, 0.15) is 5.75 Å². The van der Waals surface area contributed by atoms with Crippen LogP contribution in [0.1, 0.15) is 5.56 Å². The Labute approximate surface area is 161 Å². The summed E-state index contributed by atoms with van der Waals surface area (Å²) in [5.74, 6) is 1.58. The summed E-state index contributed by atoms with van der Waals surface area (Å²) in [6.45, 7) is 0.00103. The van der Waals surface area contributed by atoms with Gasteiger partial charge in [0, 0.05) is 18.2 Å². The van der Waals surface area contributed by atoms with Gasteiger partial charge in [-0.15, -0.1) is 0 Å². The van der Waals surface area contributed by atoms with Crippen LogP contribution in [0, 0.1) is 0 Å². The van der Waals surface area contributed by atoms with Gasteiger partial charge in [0.25, 0.3) is 5.91 Å². The minimum Gasteiger partial charge on any atom is -0.496 e. The average molecular weight is 400 g/mol. The molecule has 6 nitrogen and oxygen atoms in total.